The fourth-order valence-electron chi connectivity index (χ4n) is 1.99. The van der Waals surface area contributed by atoms with Gasteiger partial charge >= 0.3 is 0 Å². The van der Waals surface area contributed by atoms with Gasteiger partial charge in [0.2, 0.25) is 0 Å². The zero-order valence-electron chi connectivity index (χ0n) is 10.5. The summed E-state index contributed by atoms with van der Waals surface area (Å²) in [7, 11) is 0. The van der Waals surface area contributed by atoms with Crippen LogP contribution in [0.5, 0.6) is 0 Å². The van der Waals surface area contributed by atoms with E-state index in [9.17, 15) is 0 Å². The first kappa shape index (κ1) is 12.5. The van der Waals surface area contributed by atoms with Crippen LogP contribution in [0.1, 0.15) is 18.9 Å². The molecule has 2 rings (SSSR count). The summed E-state index contributed by atoms with van der Waals surface area (Å²) in [6.45, 7) is 3.19. The summed E-state index contributed by atoms with van der Waals surface area (Å²) in [5, 5.41) is 4.89. The van der Waals surface area contributed by atoms with Gasteiger partial charge in [-0.15, -0.1) is 0 Å². The molecular weight excluding hydrogens is 228 g/mol. The Bertz CT molecular complexity index is 464. The summed E-state index contributed by atoms with van der Waals surface area (Å²) >= 11 is 1.90. The molecule has 0 spiro atoms. The number of hydrogen-bond donors (Lipinski definition) is 2. The van der Waals surface area contributed by atoms with E-state index in [1.165, 1.54) is 28.6 Å². The average Bonchev–Trinajstić information content (AvgIpc) is 2.81. The smallest absolute Gasteiger partial charge is 0.0457 e. The lowest BCUT2D eigenvalue weighted by Crippen LogP contribution is -2.30. The van der Waals surface area contributed by atoms with Gasteiger partial charge in [-0.25, -0.2) is 0 Å². The highest BCUT2D eigenvalue weighted by atomic mass is 32.2. The van der Waals surface area contributed by atoms with Crippen LogP contribution in [-0.2, 0) is 6.54 Å². The predicted molar refractivity (Wildman–Crippen MR) is 77.6 cm³/mol. The highest BCUT2D eigenvalue weighted by Crippen LogP contribution is 2.14. The molecule has 0 amide bonds. The fourth-order valence-corrected chi connectivity index (χ4v) is 2.75. The molecule has 1 heterocycles. The fraction of sp³-hybridized carbons (Fsp3) is 0.429. The van der Waals surface area contributed by atoms with Crippen molar-refractivity contribution in [2.24, 2.45) is 0 Å². The van der Waals surface area contributed by atoms with Gasteiger partial charge in [-0.1, -0.05) is 19.1 Å². The summed E-state index contributed by atoms with van der Waals surface area (Å²) in [5.41, 5.74) is 2.57. The molecule has 0 radical (unpaired) electrons. The van der Waals surface area contributed by atoms with Gasteiger partial charge in [-0.3, -0.25) is 0 Å². The van der Waals surface area contributed by atoms with E-state index in [1.807, 2.05) is 18.0 Å². The monoisotopic (exact) mass is 248 g/mol. The number of nitrogens with one attached hydrogen (secondary N) is 2. The van der Waals surface area contributed by atoms with Gasteiger partial charge in [0.1, 0.15) is 0 Å². The minimum atomic E-state index is 0.615. The number of H-pyrrole nitrogens is 1. The van der Waals surface area contributed by atoms with Crippen LogP contribution in [0.2, 0.25) is 0 Å². The third kappa shape index (κ3) is 3.27. The molecule has 0 bridgehead atoms. The molecule has 3 heteroatoms. The second-order valence-corrected chi connectivity index (χ2v) is 5.25. The van der Waals surface area contributed by atoms with Gasteiger partial charge in [0.25, 0.3) is 0 Å². The van der Waals surface area contributed by atoms with Crippen LogP contribution in [-0.4, -0.2) is 23.0 Å². The van der Waals surface area contributed by atoms with E-state index >= 15 is 0 Å². The summed E-state index contributed by atoms with van der Waals surface area (Å²) in [4.78, 5) is 3.25. The van der Waals surface area contributed by atoms with E-state index in [4.69, 9.17) is 0 Å². The summed E-state index contributed by atoms with van der Waals surface area (Å²) in [6.07, 6.45) is 5.34. The van der Waals surface area contributed by atoms with Gasteiger partial charge in [-0.2, -0.15) is 11.8 Å². The van der Waals surface area contributed by atoms with Gasteiger partial charge in [0, 0.05) is 30.1 Å². The third-order valence-electron chi connectivity index (χ3n) is 3.07. The molecule has 1 aromatic carbocycles. The van der Waals surface area contributed by atoms with Crippen molar-refractivity contribution < 1.29 is 0 Å². The van der Waals surface area contributed by atoms with Gasteiger partial charge in [-0.05, 0) is 35.8 Å². The molecule has 0 fully saturated rings. The Kier molecular flexibility index (Phi) is 4.51. The molecule has 17 heavy (non-hydrogen) atoms. The Hall–Kier alpha value is -0.930. The van der Waals surface area contributed by atoms with Crippen LogP contribution in [0.15, 0.2) is 30.5 Å². The van der Waals surface area contributed by atoms with Gasteiger partial charge in [0.15, 0.2) is 0 Å². The second kappa shape index (κ2) is 6.12. The molecule has 0 aliphatic carbocycles. The summed E-state index contributed by atoms with van der Waals surface area (Å²) < 4.78 is 0. The van der Waals surface area contributed by atoms with Crippen LogP contribution in [0.25, 0.3) is 10.9 Å². The normalized spacial score (nSPS) is 13.1. The Morgan fingerprint density at radius 1 is 1.35 bits per heavy atom. The van der Waals surface area contributed by atoms with E-state index in [2.05, 4.69) is 47.7 Å². The first-order valence-electron chi connectivity index (χ1n) is 6.12. The maximum absolute atomic E-state index is 3.61. The second-order valence-electron chi connectivity index (χ2n) is 4.34. The highest BCUT2D eigenvalue weighted by Gasteiger charge is 2.04. The van der Waals surface area contributed by atoms with Crippen LogP contribution < -0.4 is 5.32 Å². The molecule has 0 saturated heterocycles. The molecule has 0 saturated carbocycles. The van der Waals surface area contributed by atoms with Gasteiger partial charge < -0.3 is 10.3 Å². The van der Waals surface area contributed by atoms with Crippen molar-refractivity contribution in [3.05, 3.63) is 36.0 Å². The number of benzene rings is 1. The standard InChI is InChI=1S/C14H20N2S/c1-3-13(10-17-2)16-9-11-4-5-12-6-7-15-14(12)8-11/h4-8,13,15-16H,3,9-10H2,1-2H3. The van der Waals surface area contributed by atoms with E-state index in [0.29, 0.717) is 6.04 Å². The first-order valence-corrected chi connectivity index (χ1v) is 7.51. The topological polar surface area (TPSA) is 27.8 Å². The number of thioether (sulfide) groups is 1. The summed E-state index contributed by atoms with van der Waals surface area (Å²) in [5.74, 6) is 1.18. The van der Waals surface area contributed by atoms with Crippen molar-refractivity contribution in [1.29, 1.82) is 0 Å². The number of aromatic amines is 1. The van der Waals surface area contributed by atoms with E-state index < -0.39 is 0 Å². The SMILES string of the molecule is CCC(CSC)NCc1ccc2cc[nH]c2c1. The number of fused-ring (bicyclic) bond motifs is 1. The Labute approximate surface area is 107 Å². The van der Waals surface area contributed by atoms with Crippen LogP contribution >= 0.6 is 11.8 Å². The van der Waals surface area contributed by atoms with E-state index in [1.54, 1.807) is 0 Å². The molecule has 2 nitrogen and oxygen atoms in total. The Balaban J connectivity index is 1.97. The lowest BCUT2D eigenvalue weighted by Gasteiger charge is -2.15. The van der Waals surface area contributed by atoms with Crippen LogP contribution in [0.4, 0.5) is 0 Å². The van der Waals surface area contributed by atoms with Crippen molar-refractivity contribution in [3.63, 3.8) is 0 Å². The molecule has 2 aromatic rings. The molecule has 1 atom stereocenters. The molecule has 2 N–H and O–H groups in total. The van der Waals surface area contributed by atoms with Crippen LogP contribution in [0.3, 0.4) is 0 Å². The predicted octanol–water partition coefficient (Wildman–Crippen LogP) is 3.40. The third-order valence-corrected chi connectivity index (χ3v) is 3.81. The molecule has 92 valence electrons. The molecule has 0 aliphatic rings. The minimum Gasteiger partial charge on any atom is -0.361 e. The van der Waals surface area contributed by atoms with Crippen molar-refractivity contribution in [1.82, 2.24) is 10.3 Å². The lowest BCUT2D eigenvalue weighted by molar-refractivity contribution is 0.541. The zero-order chi connectivity index (χ0) is 12.1. The van der Waals surface area contributed by atoms with Crippen LogP contribution in [0, 0.1) is 0 Å². The van der Waals surface area contributed by atoms with Crippen molar-refractivity contribution >= 4 is 22.7 Å². The lowest BCUT2D eigenvalue weighted by atomic mass is 10.1. The quantitative estimate of drug-likeness (QED) is 0.820. The molecule has 0 aliphatic heterocycles. The van der Waals surface area contributed by atoms with Crippen molar-refractivity contribution in [2.45, 2.75) is 25.9 Å². The minimum absolute atomic E-state index is 0.615. The first-order chi connectivity index (χ1) is 8.33. The summed E-state index contributed by atoms with van der Waals surface area (Å²) in [6, 6.07) is 9.33. The maximum Gasteiger partial charge on any atom is 0.0457 e. The van der Waals surface area contributed by atoms with E-state index in [0.717, 1.165) is 6.54 Å². The Morgan fingerprint density at radius 3 is 3.00 bits per heavy atom. The number of aromatic nitrogens is 1. The highest BCUT2D eigenvalue weighted by molar-refractivity contribution is 7.98. The van der Waals surface area contributed by atoms with Crippen molar-refractivity contribution in [2.75, 3.05) is 12.0 Å². The molecule has 1 aromatic heterocycles. The maximum atomic E-state index is 3.61. The molecular formula is C14H20N2S. The number of rotatable bonds is 6. The average molecular weight is 248 g/mol. The van der Waals surface area contributed by atoms with Gasteiger partial charge in [0.05, 0.1) is 0 Å². The number of hydrogen-bond acceptors (Lipinski definition) is 2. The van der Waals surface area contributed by atoms with E-state index in [-0.39, 0.29) is 0 Å². The van der Waals surface area contributed by atoms with Crippen molar-refractivity contribution in [3.8, 4) is 0 Å². The zero-order valence-corrected chi connectivity index (χ0v) is 11.3. The Morgan fingerprint density at radius 2 is 2.24 bits per heavy atom. The largest absolute Gasteiger partial charge is 0.361 e. The molecule has 1 unspecified atom stereocenters.